The van der Waals surface area contributed by atoms with Gasteiger partial charge in [0.05, 0.1) is 12.1 Å². The largest absolute Gasteiger partial charge is 0.459 e. The number of ether oxygens (including phenoxy) is 2. The molecule has 0 radical (unpaired) electrons. The van der Waals surface area contributed by atoms with Crippen LogP contribution in [0.1, 0.15) is 36.6 Å². The van der Waals surface area contributed by atoms with E-state index in [-0.39, 0.29) is 13.2 Å². The summed E-state index contributed by atoms with van der Waals surface area (Å²) in [5.41, 5.74) is 2.45. The van der Waals surface area contributed by atoms with Crippen LogP contribution >= 0.6 is 0 Å². The van der Waals surface area contributed by atoms with E-state index in [0.29, 0.717) is 0 Å². The normalized spacial score (nSPS) is 21.1. The third-order valence-corrected chi connectivity index (χ3v) is 7.40. The molecule has 2 aliphatic heterocycles. The van der Waals surface area contributed by atoms with Gasteiger partial charge in [-0.15, -0.1) is 0 Å². The van der Waals surface area contributed by atoms with E-state index in [1.807, 2.05) is 97.1 Å². The van der Waals surface area contributed by atoms with Crippen molar-refractivity contribution >= 4 is 29.8 Å². The van der Waals surface area contributed by atoms with Crippen molar-refractivity contribution in [1.29, 1.82) is 0 Å². The molecule has 2 heterocycles. The standard InChI is InChI=1S/C33H32N2O6/c1-22(2)30(36)29(32(38)40-20-24-14-8-4-9-15-24)34-26(19-18-23-12-6-3-7-13-23)28(31(34)37)35-27(21-41-33(35)39)25-16-10-5-11-17-25/h3-19,22,26-29H,20-21H2,1-2H3/t26?,27-,28?,29?/m1/s1. The van der Waals surface area contributed by atoms with Gasteiger partial charge in [-0.2, -0.15) is 0 Å². The molecule has 2 saturated heterocycles. The summed E-state index contributed by atoms with van der Waals surface area (Å²) < 4.78 is 11.0. The van der Waals surface area contributed by atoms with Crippen molar-refractivity contribution in [3.63, 3.8) is 0 Å². The molecule has 4 atom stereocenters. The van der Waals surface area contributed by atoms with Gasteiger partial charge in [-0.3, -0.25) is 14.5 Å². The number of nitrogens with zero attached hydrogens (tertiary/aromatic N) is 2. The van der Waals surface area contributed by atoms with Crippen molar-refractivity contribution in [2.75, 3.05) is 6.61 Å². The molecule has 41 heavy (non-hydrogen) atoms. The lowest BCUT2D eigenvalue weighted by Gasteiger charge is -2.51. The number of likely N-dealkylation sites (tertiary alicyclic amines) is 1. The van der Waals surface area contributed by atoms with E-state index in [9.17, 15) is 19.2 Å². The van der Waals surface area contributed by atoms with Crippen molar-refractivity contribution < 1.29 is 28.7 Å². The van der Waals surface area contributed by atoms with Gasteiger partial charge in [-0.25, -0.2) is 9.59 Å². The fraction of sp³-hybridized carbons (Fsp3) is 0.273. The number of carbonyl (C=O) groups excluding carboxylic acids is 4. The molecule has 3 aromatic rings. The fourth-order valence-electron chi connectivity index (χ4n) is 5.23. The Balaban J connectivity index is 1.49. The van der Waals surface area contributed by atoms with Crippen LogP contribution in [-0.4, -0.2) is 58.3 Å². The average Bonchev–Trinajstić information content (AvgIpc) is 3.37. The zero-order valence-electron chi connectivity index (χ0n) is 23.0. The second-order valence-corrected chi connectivity index (χ2v) is 10.4. The molecule has 2 fully saturated rings. The van der Waals surface area contributed by atoms with Crippen LogP contribution in [0.2, 0.25) is 0 Å². The summed E-state index contributed by atoms with van der Waals surface area (Å²) in [6, 6.07) is 24.3. The first kappa shape index (κ1) is 27.8. The molecule has 3 unspecified atom stereocenters. The van der Waals surface area contributed by atoms with Gasteiger partial charge in [0.1, 0.15) is 19.3 Å². The van der Waals surface area contributed by atoms with Crippen molar-refractivity contribution in [3.8, 4) is 0 Å². The van der Waals surface area contributed by atoms with Crippen LogP contribution in [0.3, 0.4) is 0 Å². The Morgan fingerprint density at radius 3 is 2.17 bits per heavy atom. The Morgan fingerprint density at radius 2 is 1.54 bits per heavy atom. The third kappa shape index (κ3) is 5.77. The first-order valence-electron chi connectivity index (χ1n) is 13.7. The van der Waals surface area contributed by atoms with Crippen LogP contribution < -0.4 is 0 Å². The monoisotopic (exact) mass is 552 g/mol. The Kier molecular flexibility index (Phi) is 8.29. The molecule has 8 nitrogen and oxygen atoms in total. The van der Waals surface area contributed by atoms with Crippen molar-refractivity contribution in [2.45, 2.75) is 44.6 Å². The number of hydrogen-bond donors (Lipinski definition) is 0. The highest BCUT2D eigenvalue weighted by atomic mass is 16.6. The van der Waals surface area contributed by atoms with E-state index in [2.05, 4.69) is 0 Å². The number of amides is 2. The number of esters is 1. The molecule has 210 valence electrons. The molecule has 0 aliphatic carbocycles. The van der Waals surface area contributed by atoms with Gasteiger partial charge < -0.3 is 14.4 Å². The smallest absolute Gasteiger partial charge is 0.411 e. The van der Waals surface area contributed by atoms with Crippen LogP contribution in [0.5, 0.6) is 0 Å². The molecule has 5 rings (SSSR count). The minimum atomic E-state index is -1.46. The van der Waals surface area contributed by atoms with Gasteiger partial charge >= 0.3 is 12.1 Å². The number of ketones is 1. The molecular weight excluding hydrogens is 520 g/mol. The van der Waals surface area contributed by atoms with Gasteiger partial charge in [0, 0.05) is 5.92 Å². The number of cyclic esters (lactones) is 1. The second-order valence-electron chi connectivity index (χ2n) is 10.4. The third-order valence-electron chi connectivity index (χ3n) is 7.40. The quantitative estimate of drug-likeness (QED) is 0.204. The first-order valence-corrected chi connectivity index (χ1v) is 13.7. The van der Waals surface area contributed by atoms with Gasteiger partial charge in [-0.05, 0) is 16.7 Å². The Labute approximate surface area is 239 Å². The Hall–Kier alpha value is -4.72. The summed E-state index contributed by atoms with van der Waals surface area (Å²) in [7, 11) is 0. The molecule has 0 bridgehead atoms. The highest BCUT2D eigenvalue weighted by molar-refractivity contribution is 6.09. The maximum Gasteiger partial charge on any atom is 0.411 e. The lowest BCUT2D eigenvalue weighted by Crippen LogP contribution is -2.75. The highest BCUT2D eigenvalue weighted by Crippen LogP contribution is 2.39. The summed E-state index contributed by atoms with van der Waals surface area (Å²) >= 11 is 0. The molecule has 2 aliphatic rings. The molecule has 2 amide bonds. The van der Waals surface area contributed by atoms with Crippen LogP contribution in [0.4, 0.5) is 4.79 Å². The predicted octanol–water partition coefficient (Wildman–Crippen LogP) is 4.81. The van der Waals surface area contributed by atoms with Crippen molar-refractivity contribution in [2.24, 2.45) is 5.92 Å². The summed E-state index contributed by atoms with van der Waals surface area (Å²) in [5, 5.41) is 0. The number of carbonyl (C=O) groups is 4. The van der Waals surface area contributed by atoms with Crippen molar-refractivity contribution in [3.05, 3.63) is 114 Å². The zero-order valence-corrected chi connectivity index (χ0v) is 23.0. The van der Waals surface area contributed by atoms with Gasteiger partial charge in [0.2, 0.25) is 5.91 Å². The van der Waals surface area contributed by atoms with Crippen molar-refractivity contribution in [1.82, 2.24) is 9.80 Å². The molecular formula is C33H32N2O6. The summed E-state index contributed by atoms with van der Waals surface area (Å²) in [4.78, 5) is 56.6. The van der Waals surface area contributed by atoms with E-state index in [1.54, 1.807) is 19.9 Å². The van der Waals surface area contributed by atoms with Gasteiger partial charge in [0.25, 0.3) is 0 Å². The molecule has 3 aromatic carbocycles. The average molecular weight is 553 g/mol. The predicted molar refractivity (Wildman–Crippen MR) is 152 cm³/mol. The SMILES string of the molecule is CC(C)C(=O)C(C(=O)OCc1ccccc1)N1C(=O)C(N2C(=O)OC[C@@H]2c2ccccc2)C1C=Cc1ccccc1. The molecule has 0 saturated carbocycles. The minimum Gasteiger partial charge on any atom is -0.459 e. The summed E-state index contributed by atoms with van der Waals surface area (Å²) in [5.74, 6) is -2.29. The van der Waals surface area contributed by atoms with Crippen LogP contribution in [0.15, 0.2) is 97.1 Å². The Morgan fingerprint density at radius 1 is 0.927 bits per heavy atom. The van der Waals surface area contributed by atoms with E-state index in [1.165, 1.54) is 9.80 Å². The maximum atomic E-state index is 13.9. The van der Waals surface area contributed by atoms with E-state index >= 15 is 0 Å². The number of benzene rings is 3. The van der Waals surface area contributed by atoms with Gasteiger partial charge in [0.15, 0.2) is 11.8 Å². The number of hydrogen-bond acceptors (Lipinski definition) is 6. The minimum absolute atomic E-state index is 0.0357. The number of β-lactam (4-membered cyclic amide) rings is 1. The van der Waals surface area contributed by atoms with E-state index in [4.69, 9.17) is 9.47 Å². The second kappa shape index (κ2) is 12.2. The lowest BCUT2D eigenvalue weighted by molar-refractivity contribution is -0.174. The molecule has 0 N–H and O–H groups in total. The molecule has 0 aromatic heterocycles. The summed E-state index contributed by atoms with van der Waals surface area (Å²) in [6.07, 6.45) is 2.97. The van der Waals surface area contributed by atoms with Crippen LogP contribution in [0, 0.1) is 5.92 Å². The van der Waals surface area contributed by atoms with E-state index in [0.717, 1.165) is 16.7 Å². The topological polar surface area (TPSA) is 93.2 Å². The van der Waals surface area contributed by atoms with Crippen LogP contribution in [0.25, 0.3) is 6.08 Å². The maximum absolute atomic E-state index is 13.9. The highest BCUT2D eigenvalue weighted by Gasteiger charge is 2.59. The van der Waals surface area contributed by atoms with E-state index < -0.39 is 53.8 Å². The molecule has 8 heteroatoms. The fourth-order valence-corrected chi connectivity index (χ4v) is 5.23. The van der Waals surface area contributed by atoms with Gasteiger partial charge in [-0.1, -0.05) is 117 Å². The number of Topliss-reactive ketones (excluding diaryl/α,β-unsaturated/α-hetero) is 1. The first-order chi connectivity index (χ1) is 19.9. The molecule has 0 spiro atoms. The summed E-state index contributed by atoms with van der Waals surface area (Å²) in [6.45, 7) is 3.42. The van der Waals surface area contributed by atoms with Crippen LogP contribution in [-0.2, 0) is 30.5 Å². The number of rotatable bonds is 10. The lowest BCUT2D eigenvalue weighted by atomic mass is 9.86. The zero-order chi connectivity index (χ0) is 28.9. The Bertz CT molecular complexity index is 1420.